The number of rotatable bonds is 3. The molecule has 2 unspecified atom stereocenters. The molecule has 0 aromatic rings. The molecule has 1 rings (SSSR count). The third kappa shape index (κ3) is 2.25. The van der Waals surface area contributed by atoms with Crippen LogP contribution in [0.1, 0.15) is 13.3 Å². The van der Waals surface area contributed by atoms with E-state index in [9.17, 15) is 9.59 Å². The van der Waals surface area contributed by atoms with Crippen LogP contribution >= 0.6 is 0 Å². The van der Waals surface area contributed by atoms with Gasteiger partial charge in [-0.15, -0.1) is 12.3 Å². The minimum absolute atomic E-state index is 0.0407. The SMILES string of the molecule is C#CC1CC(=O)N(CC(C)C(=O)O)C1. The quantitative estimate of drug-likeness (QED) is 0.654. The van der Waals surface area contributed by atoms with E-state index >= 15 is 0 Å². The highest BCUT2D eigenvalue weighted by Gasteiger charge is 2.30. The Morgan fingerprint density at radius 2 is 2.50 bits per heavy atom. The first-order valence-electron chi connectivity index (χ1n) is 4.51. The van der Waals surface area contributed by atoms with Gasteiger partial charge in [-0.1, -0.05) is 6.92 Å². The van der Waals surface area contributed by atoms with Gasteiger partial charge in [-0.3, -0.25) is 9.59 Å². The molecule has 1 amide bonds. The number of carboxylic acids is 1. The van der Waals surface area contributed by atoms with Gasteiger partial charge in [-0.25, -0.2) is 0 Å². The molecular weight excluding hydrogens is 182 g/mol. The van der Waals surface area contributed by atoms with E-state index in [1.54, 1.807) is 6.92 Å². The van der Waals surface area contributed by atoms with Gasteiger partial charge in [0.1, 0.15) is 0 Å². The average molecular weight is 195 g/mol. The van der Waals surface area contributed by atoms with Gasteiger partial charge in [0.25, 0.3) is 0 Å². The van der Waals surface area contributed by atoms with E-state index < -0.39 is 11.9 Å². The fraction of sp³-hybridized carbons (Fsp3) is 0.600. The smallest absolute Gasteiger partial charge is 0.308 e. The van der Waals surface area contributed by atoms with Crippen molar-refractivity contribution in [2.45, 2.75) is 13.3 Å². The van der Waals surface area contributed by atoms with Crippen LogP contribution in [0.25, 0.3) is 0 Å². The predicted octanol–water partition coefficient (Wildman–Crippen LogP) is 0.189. The molecular formula is C10H13NO3. The summed E-state index contributed by atoms with van der Waals surface area (Å²) < 4.78 is 0. The number of hydrogen-bond donors (Lipinski definition) is 1. The second-order valence-corrected chi connectivity index (χ2v) is 3.61. The van der Waals surface area contributed by atoms with Crippen molar-refractivity contribution in [2.24, 2.45) is 11.8 Å². The average Bonchev–Trinajstić information content (AvgIpc) is 2.47. The Balaban J connectivity index is 2.51. The van der Waals surface area contributed by atoms with Gasteiger partial charge in [0, 0.05) is 25.4 Å². The number of likely N-dealkylation sites (tertiary alicyclic amines) is 1. The van der Waals surface area contributed by atoms with E-state index in [0.29, 0.717) is 13.0 Å². The summed E-state index contributed by atoms with van der Waals surface area (Å²) in [6.07, 6.45) is 5.55. The Kier molecular flexibility index (Phi) is 3.13. The maximum absolute atomic E-state index is 11.3. The molecule has 0 radical (unpaired) electrons. The van der Waals surface area contributed by atoms with Gasteiger partial charge >= 0.3 is 5.97 Å². The Morgan fingerprint density at radius 3 is 2.93 bits per heavy atom. The van der Waals surface area contributed by atoms with Crippen molar-refractivity contribution in [3.05, 3.63) is 0 Å². The normalized spacial score (nSPS) is 23.3. The molecule has 4 heteroatoms. The molecule has 0 spiro atoms. The maximum atomic E-state index is 11.3. The minimum atomic E-state index is -0.887. The lowest BCUT2D eigenvalue weighted by molar-refractivity contribution is -0.142. The van der Waals surface area contributed by atoms with Crippen LogP contribution in [-0.2, 0) is 9.59 Å². The molecule has 1 heterocycles. The lowest BCUT2D eigenvalue weighted by Gasteiger charge is -2.18. The Bertz CT molecular complexity index is 292. The van der Waals surface area contributed by atoms with Crippen LogP contribution in [0.2, 0.25) is 0 Å². The zero-order valence-electron chi connectivity index (χ0n) is 8.06. The van der Waals surface area contributed by atoms with E-state index in [2.05, 4.69) is 5.92 Å². The highest BCUT2D eigenvalue weighted by molar-refractivity contribution is 5.80. The van der Waals surface area contributed by atoms with Gasteiger partial charge in [0.15, 0.2) is 0 Å². The van der Waals surface area contributed by atoms with Crippen molar-refractivity contribution in [1.29, 1.82) is 0 Å². The number of terminal acetylenes is 1. The Morgan fingerprint density at radius 1 is 1.86 bits per heavy atom. The molecule has 2 atom stereocenters. The molecule has 1 aliphatic heterocycles. The molecule has 0 aromatic carbocycles. The van der Waals surface area contributed by atoms with Crippen molar-refractivity contribution in [1.82, 2.24) is 4.90 Å². The Labute approximate surface area is 82.9 Å². The number of carboxylic acid groups (broad SMARTS) is 1. The van der Waals surface area contributed by atoms with Crippen molar-refractivity contribution in [3.8, 4) is 12.3 Å². The first-order chi connectivity index (χ1) is 6.54. The molecule has 1 fully saturated rings. The second kappa shape index (κ2) is 4.14. The molecule has 0 saturated carbocycles. The molecule has 0 bridgehead atoms. The number of aliphatic carboxylic acids is 1. The van der Waals surface area contributed by atoms with Crippen LogP contribution in [-0.4, -0.2) is 35.0 Å². The van der Waals surface area contributed by atoms with Crippen molar-refractivity contribution < 1.29 is 14.7 Å². The first kappa shape index (κ1) is 10.6. The van der Waals surface area contributed by atoms with Gasteiger partial charge in [0.05, 0.1) is 5.92 Å². The summed E-state index contributed by atoms with van der Waals surface area (Å²) in [5, 5.41) is 8.67. The summed E-state index contributed by atoms with van der Waals surface area (Å²) >= 11 is 0. The van der Waals surface area contributed by atoms with E-state index in [1.807, 2.05) is 0 Å². The monoisotopic (exact) mass is 195 g/mol. The highest BCUT2D eigenvalue weighted by Crippen LogP contribution is 2.17. The minimum Gasteiger partial charge on any atom is -0.481 e. The zero-order valence-corrected chi connectivity index (χ0v) is 8.06. The van der Waals surface area contributed by atoms with Crippen LogP contribution < -0.4 is 0 Å². The third-order valence-corrected chi connectivity index (χ3v) is 2.37. The molecule has 4 nitrogen and oxygen atoms in total. The number of carbonyl (C=O) groups excluding carboxylic acids is 1. The Hall–Kier alpha value is -1.50. The maximum Gasteiger partial charge on any atom is 0.308 e. The van der Waals surface area contributed by atoms with Crippen molar-refractivity contribution in [2.75, 3.05) is 13.1 Å². The highest BCUT2D eigenvalue weighted by atomic mass is 16.4. The molecule has 14 heavy (non-hydrogen) atoms. The number of hydrogen-bond acceptors (Lipinski definition) is 2. The summed E-state index contributed by atoms with van der Waals surface area (Å²) in [5.74, 6) is 1.00. The topological polar surface area (TPSA) is 57.6 Å². The fourth-order valence-corrected chi connectivity index (χ4v) is 1.47. The van der Waals surface area contributed by atoms with Gasteiger partial charge in [0.2, 0.25) is 5.91 Å². The van der Waals surface area contributed by atoms with E-state index in [0.717, 1.165) is 0 Å². The predicted molar refractivity (Wildman–Crippen MR) is 50.3 cm³/mol. The van der Waals surface area contributed by atoms with Crippen molar-refractivity contribution >= 4 is 11.9 Å². The molecule has 1 N–H and O–H groups in total. The summed E-state index contributed by atoms with van der Waals surface area (Å²) in [4.78, 5) is 23.4. The van der Waals surface area contributed by atoms with Crippen LogP contribution in [0, 0.1) is 24.2 Å². The lowest BCUT2D eigenvalue weighted by Crippen LogP contribution is -2.32. The third-order valence-electron chi connectivity index (χ3n) is 2.37. The van der Waals surface area contributed by atoms with Crippen LogP contribution in [0.15, 0.2) is 0 Å². The zero-order chi connectivity index (χ0) is 10.7. The number of amides is 1. The summed E-state index contributed by atoms with van der Waals surface area (Å²) in [5.41, 5.74) is 0. The number of nitrogens with zero attached hydrogens (tertiary/aromatic N) is 1. The summed E-state index contributed by atoms with van der Waals surface area (Å²) in [7, 11) is 0. The molecule has 76 valence electrons. The molecule has 0 aliphatic carbocycles. The second-order valence-electron chi connectivity index (χ2n) is 3.61. The van der Waals surface area contributed by atoms with Crippen molar-refractivity contribution in [3.63, 3.8) is 0 Å². The van der Waals surface area contributed by atoms with Gasteiger partial charge < -0.3 is 10.0 Å². The molecule has 1 aliphatic rings. The van der Waals surface area contributed by atoms with E-state index in [-0.39, 0.29) is 18.4 Å². The number of carbonyl (C=O) groups is 2. The molecule has 1 saturated heterocycles. The van der Waals surface area contributed by atoms with Crippen LogP contribution in [0.4, 0.5) is 0 Å². The fourth-order valence-electron chi connectivity index (χ4n) is 1.47. The largest absolute Gasteiger partial charge is 0.481 e. The summed E-state index contributed by atoms with van der Waals surface area (Å²) in [6.45, 7) is 2.33. The first-order valence-corrected chi connectivity index (χ1v) is 4.51. The van der Waals surface area contributed by atoms with E-state index in [1.165, 1.54) is 4.90 Å². The van der Waals surface area contributed by atoms with E-state index in [4.69, 9.17) is 11.5 Å². The van der Waals surface area contributed by atoms with Gasteiger partial charge in [-0.2, -0.15) is 0 Å². The summed E-state index contributed by atoms with van der Waals surface area (Å²) in [6, 6.07) is 0. The standard InChI is InChI=1S/C10H13NO3/c1-3-8-4-9(12)11(6-8)5-7(2)10(13)14/h1,7-8H,4-6H2,2H3,(H,13,14). The molecule has 0 aromatic heterocycles. The van der Waals surface area contributed by atoms with Gasteiger partial charge in [-0.05, 0) is 0 Å². The van der Waals surface area contributed by atoms with Crippen LogP contribution in [0.3, 0.4) is 0 Å². The lowest BCUT2D eigenvalue weighted by atomic mass is 10.1. The van der Waals surface area contributed by atoms with Crippen LogP contribution in [0.5, 0.6) is 0 Å².